The summed E-state index contributed by atoms with van der Waals surface area (Å²) < 4.78 is 14.9. The fourth-order valence-corrected chi connectivity index (χ4v) is 6.34. The number of benzene rings is 1. The number of hydrogen-bond donors (Lipinski definition) is 1. The molecule has 4 heteroatoms. The van der Waals surface area contributed by atoms with Gasteiger partial charge in [-0.1, -0.05) is 13.0 Å². The van der Waals surface area contributed by atoms with Crippen LogP contribution in [0.25, 0.3) is 10.9 Å². The van der Waals surface area contributed by atoms with Crippen LogP contribution in [0.3, 0.4) is 0 Å². The molecule has 2 aliphatic carbocycles. The molecule has 4 bridgehead atoms. The fraction of sp³-hybridized carbons (Fsp3) is 0.609. The predicted molar refractivity (Wildman–Crippen MR) is 106 cm³/mol. The van der Waals surface area contributed by atoms with Gasteiger partial charge in [0.25, 0.3) is 0 Å². The molecular weight excluding hydrogens is 339 g/mol. The number of hydrogen-bond acceptors (Lipinski definition) is 1. The Morgan fingerprint density at radius 2 is 1.96 bits per heavy atom. The minimum absolute atomic E-state index is 0.132. The SMILES string of the molecule is Cc1ccc2[nH]cc(C(C)CC(=O)N3C4CC5CC3CC(F)(C5)C4)c2c1C. The maximum Gasteiger partial charge on any atom is 0.223 e. The van der Waals surface area contributed by atoms with Crippen LogP contribution in [-0.2, 0) is 4.79 Å². The van der Waals surface area contributed by atoms with Crippen molar-refractivity contribution >= 4 is 16.8 Å². The lowest BCUT2D eigenvalue weighted by Crippen LogP contribution is -2.64. The van der Waals surface area contributed by atoms with Crippen LogP contribution in [0.1, 0.15) is 68.1 Å². The number of alkyl halides is 1. The largest absolute Gasteiger partial charge is 0.361 e. The Labute approximate surface area is 160 Å². The topological polar surface area (TPSA) is 36.1 Å². The van der Waals surface area contributed by atoms with Crippen LogP contribution in [0.2, 0.25) is 0 Å². The molecule has 144 valence electrons. The molecular formula is C23H29FN2O. The number of nitrogens with one attached hydrogen (secondary N) is 1. The summed E-state index contributed by atoms with van der Waals surface area (Å²) in [6.07, 6.45) is 6.44. The number of fused-ring (bicyclic) bond motifs is 1. The Morgan fingerprint density at radius 1 is 1.26 bits per heavy atom. The van der Waals surface area contributed by atoms with Crippen molar-refractivity contribution in [2.75, 3.05) is 0 Å². The first-order valence-electron chi connectivity index (χ1n) is 10.4. The van der Waals surface area contributed by atoms with Crippen molar-refractivity contribution < 1.29 is 9.18 Å². The van der Waals surface area contributed by atoms with Crippen LogP contribution >= 0.6 is 0 Å². The fourth-order valence-electron chi connectivity index (χ4n) is 6.34. The normalized spacial score (nSPS) is 33.0. The van der Waals surface area contributed by atoms with Gasteiger partial charge in [-0.05, 0) is 67.7 Å². The molecule has 1 aromatic carbocycles. The van der Waals surface area contributed by atoms with Gasteiger partial charge in [0.2, 0.25) is 5.91 Å². The molecule has 0 spiro atoms. The third kappa shape index (κ3) is 2.63. The Bertz CT molecular complexity index is 900. The van der Waals surface area contributed by atoms with Crippen LogP contribution in [-0.4, -0.2) is 33.5 Å². The van der Waals surface area contributed by atoms with E-state index in [2.05, 4.69) is 49.0 Å². The summed E-state index contributed by atoms with van der Waals surface area (Å²) in [6, 6.07) is 4.53. The van der Waals surface area contributed by atoms with Crippen molar-refractivity contribution in [3.8, 4) is 0 Å². The van der Waals surface area contributed by atoms with Crippen LogP contribution in [0.15, 0.2) is 18.3 Å². The van der Waals surface area contributed by atoms with Gasteiger partial charge in [0, 0.05) is 48.4 Å². The summed E-state index contributed by atoms with van der Waals surface area (Å²) >= 11 is 0. The predicted octanol–water partition coefficient (Wildman–Crippen LogP) is 5.16. The van der Waals surface area contributed by atoms with Crippen LogP contribution in [0.5, 0.6) is 0 Å². The van der Waals surface area contributed by atoms with Gasteiger partial charge >= 0.3 is 0 Å². The Hall–Kier alpha value is -1.84. The van der Waals surface area contributed by atoms with E-state index in [0.29, 0.717) is 25.2 Å². The number of piperidine rings is 2. The molecule has 1 amide bonds. The summed E-state index contributed by atoms with van der Waals surface area (Å²) in [6.45, 7) is 6.44. The van der Waals surface area contributed by atoms with Crippen molar-refractivity contribution in [1.82, 2.24) is 9.88 Å². The van der Waals surface area contributed by atoms with E-state index < -0.39 is 5.67 Å². The van der Waals surface area contributed by atoms with Crippen molar-refractivity contribution in [3.05, 3.63) is 35.0 Å². The average Bonchev–Trinajstić information content (AvgIpc) is 3.01. The van der Waals surface area contributed by atoms with E-state index in [1.54, 1.807) is 0 Å². The highest BCUT2D eigenvalue weighted by Gasteiger charge is 2.56. The summed E-state index contributed by atoms with van der Waals surface area (Å²) in [4.78, 5) is 18.7. The maximum atomic E-state index is 14.9. The van der Waals surface area contributed by atoms with Crippen LogP contribution in [0, 0.1) is 19.8 Å². The van der Waals surface area contributed by atoms with Gasteiger partial charge in [0.15, 0.2) is 0 Å². The quantitative estimate of drug-likeness (QED) is 0.798. The smallest absolute Gasteiger partial charge is 0.223 e. The second kappa shape index (κ2) is 5.83. The highest BCUT2D eigenvalue weighted by molar-refractivity contribution is 5.89. The summed E-state index contributed by atoms with van der Waals surface area (Å²) in [5.41, 5.74) is 3.94. The molecule has 2 aromatic rings. The maximum absolute atomic E-state index is 14.9. The van der Waals surface area contributed by atoms with Crippen molar-refractivity contribution in [1.29, 1.82) is 0 Å². The number of aromatic nitrogens is 1. The second-order valence-corrected chi connectivity index (χ2v) is 9.49. The molecule has 3 heterocycles. The first kappa shape index (κ1) is 17.3. The Kier molecular flexibility index (Phi) is 3.73. The highest BCUT2D eigenvalue weighted by Crippen LogP contribution is 2.53. The lowest BCUT2D eigenvalue weighted by Gasteiger charge is -2.58. The molecule has 4 aliphatic rings. The molecule has 0 radical (unpaired) electrons. The molecule has 2 aliphatic heterocycles. The number of aryl methyl sites for hydroxylation is 2. The Morgan fingerprint density at radius 3 is 2.63 bits per heavy atom. The van der Waals surface area contributed by atoms with Crippen molar-refractivity contribution in [2.24, 2.45) is 5.92 Å². The molecule has 2 saturated carbocycles. The first-order chi connectivity index (χ1) is 12.8. The zero-order chi connectivity index (χ0) is 18.9. The molecule has 3 atom stereocenters. The van der Waals surface area contributed by atoms with Crippen molar-refractivity contribution in [3.63, 3.8) is 0 Å². The zero-order valence-corrected chi connectivity index (χ0v) is 16.5. The zero-order valence-electron chi connectivity index (χ0n) is 16.5. The molecule has 3 nitrogen and oxygen atoms in total. The monoisotopic (exact) mass is 368 g/mol. The lowest BCUT2D eigenvalue weighted by atomic mass is 9.62. The standard InChI is InChI=1S/C23H29FN2O/c1-13-4-5-20-22(15(13)3)19(12-25-20)14(2)6-21(27)26-17-7-16-8-18(26)11-23(24,9-16)10-17/h4-5,12,14,16-18,25H,6-11H2,1-3H3. The number of H-pyrrole nitrogens is 1. The average molecular weight is 368 g/mol. The van der Waals surface area contributed by atoms with Gasteiger partial charge in [-0.25, -0.2) is 4.39 Å². The van der Waals surface area contributed by atoms with Gasteiger partial charge in [-0.3, -0.25) is 4.79 Å². The van der Waals surface area contributed by atoms with Gasteiger partial charge < -0.3 is 9.88 Å². The van der Waals surface area contributed by atoms with Gasteiger partial charge in [-0.15, -0.1) is 0 Å². The summed E-state index contributed by atoms with van der Waals surface area (Å²) in [7, 11) is 0. The summed E-state index contributed by atoms with van der Waals surface area (Å²) in [5, 5.41) is 1.26. The van der Waals surface area contributed by atoms with E-state index >= 15 is 0 Å². The molecule has 2 saturated heterocycles. The minimum Gasteiger partial charge on any atom is -0.361 e. The molecule has 1 N–H and O–H groups in total. The number of carbonyl (C=O) groups is 1. The van der Waals surface area contributed by atoms with Crippen LogP contribution in [0.4, 0.5) is 4.39 Å². The molecule has 1 aromatic heterocycles. The van der Waals surface area contributed by atoms with E-state index in [4.69, 9.17) is 0 Å². The number of nitrogens with zero attached hydrogens (tertiary/aromatic N) is 1. The first-order valence-corrected chi connectivity index (χ1v) is 10.4. The minimum atomic E-state index is -0.996. The van der Waals surface area contributed by atoms with E-state index in [1.165, 1.54) is 22.1 Å². The van der Waals surface area contributed by atoms with E-state index in [-0.39, 0.29) is 23.9 Å². The van der Waals surface area contributed by atoms with Gasteiger partial charge in [-0.2, -0.15) is 0 Å². The molecule has 3 unspecified atom stereocenters. The van der Waals surface area contributed by atoms with E-state index in [1.807, 2.05) is 0 Å². The van der Waals surface area contributed by atoms with Crippen molar-refractivity contribution in [2.45, 2.75) is 83.0 Å². The lowest BCUT2D eigenvalue weighted by molar-refractivity contribution is -0.160. The highest BCUT2D eigenvalue weighted by atomic mass is 19.1. The Balaban J connectivity index is 1.38. The summed E-state index contributed by atoms with van der Waals surface area (Å²) in [5.74, 6) is 0.871. The third-order valence-electron chi connectivity index (χ3n) is 7.56. The number of halogens is 1. The molecule has 4 fully saturated rings. The number of rotatable bonds is 3. The van der Waals surface area contributed by atoms with Crippen LogP contribution < -0.4 is 0 Å². The third-order valence-corrected chi connectivity index (χ3v) is 7.56. The van der Waals surface area contributed by atoms with E-state index in [0.717, 1.165) is 24.8 Å². The number of aromatic amines is 1. The molecule has 6 rings (SSSR count). The number of amides is 1. The second-order valence-electron chi connectivity index (χ2n) is 9.49. The van der Waals surface area contributed by atoms with Gasteiger partial charge in [0.1, 0.15) is 5.67 Å². The number of carbonyl (C=O) groups excluding carboxylic acids is 1. The van der Waals surface area contributed by atoms with E-state index in [9.17, 15) is 9.18 Å². The molecule has 27 heavy (non-hydrogen) atoms. The van der Waals surface area contributed by atoms with Gasteiger partial charge in [0.05, 0.1) is 0 Å².